The minimum atomic E-state index is -0.890. The van der Waals surface area contributed by atoms with E-state index < -0.39 is 23.8 Å². The molecule has 28 heavy (non-hydrogen) atoms. The molecule has 0 amide bonds. The van der Waals surface area contributed by atoms with Crippen molar-refractivity contribution < 1.29 is 19.4 Å². The lowest BCUT2D eigenvalue weighted by atomic mass is 9.80. The summed E-state index contributed by atoms with van der Waals surface area (Å²) in [6.07, 6.45) is -1.53. The molecule has 1 aliphatic heterocycles. The lowest BCUT2D eigenvalue weighted by Gasteiger charge is -2.36. The first-order valence-electron chi connectivity index (χ1n) is 9.38. The van der Waals surface area contributed by atoms with Gasteiger partial charge in [0.1, 0.15) is 11.7 Å². The normalized spacial score (nSPS) is 19.4. The van der Waals surface area contributed by atoms with E-state index in [0.29, 0.717) is 0 Å². The van der Waals surface area contributed by atoms with E-state index in [4.69, 9.17) is 9.47 Å². The van der Waals surface area contributed by atoms with E-state index in [0.717, 1.165) is 16.7 Å². The Morgan fingerprint density at radius 1 is 0.821 bits per heavy atom. The molecule has 0 bridgehead atoms. The van der Waals surface area contributed by atoms with Crippen molar-refractivity contribution >= 4 is 5.97 Å². The number of aliphatic hydroxyl groups excluding tert-OH is 1. The second-order valence-electron chi connectivity index (χ2n) is 6.89. The van der Waals surface area contributed by atoms with Crippen LogP contribution in [-0.4, -0.2) is 29.9 Å². The predicted octanol–water partition coefficient (Wildman–Crippen LogP) is 3.67. The summed E-state index contributed by atoms with van der Waals surface area (Å²) in [4.78, 5) is 11.6. The number of aliphatic hydroxyl groups is 1. The van der Waals surface area contributed by atoms with Gasteiger partial charge in [-0.05, 0) is 16.7 Å². The Balaban J connectivity index is 1.82. The Morgan fingerprint density at radius 3 is 1.61 bits per heavy atom. The van der Waals surface area contributed by atoms with Crippen molar-refractivity contribution in [3.63, 3.8) is 0 Å². The van der Waals surface area contributed by atoms with Crippen molar-refractivity contribution in [3.05, 3.63) is 108 Å². The standard InChI is InChI=1S/C24H22O4/c25-21-16-23(26)28-22(21)17-27-24(18-10-4-1-5-11-18,19-12-6-2-7-13-19)20-14-8-3-9-15-20/h1-15,21-22,25H,16-17H2/t21-,22+/m1/s1. The molecule has 0 radical (unpaired) electrons. The second kappa shape index (κ2) is 7.97. The lowest BCUT2D eigenvalue weighted by Crippen LogP contribution is -2.38. The zero-order chi connectivity index (χ0) is 19.4. The molecule has 1 heterocycles. The highest BCUT2D eigenvalue weighted by Crippen LogP contribution is 2.40. The number of benzene rings is 3. The quantitative estimate of drug-likeness (QED) is 0.528. The highest BCUT2D eigenvalue weighted by atomic mass is 16.6. The summed E-state index contributed by atoms with van der Waals surface area (Å²) in [6.45, 7) is 0.0889. The van der Waals surface area contributed by atoms with Gasteiger partial charge in [-0.25, -0.2) is 0 Å². The Hall–Kier alpha value is -2.95. The van der Waals surface area contributed by atoms with Gasteiger partial charge in [-0.15, -0.1) is 0 Å². The number of esters is 1. The highest BCUT2D eigenvalue weighted by Gasteiger charge is 2.41. The van der Waals surface area contributed by atoms with Crippen LogP contribution in [0.5, 0.6) is 0 Å². The fraction of sp³-hybridized carbons (Fsp3) is 0.208. The fourth-order valence-electron chi connectivity index (χ4n) is 3.72. The summed E-state index contributed by atoms with van der Waals surface area (Å²) < 4.78 is 11.8. The third-order valence-corrected chi connectivity index (χ3v) is 5.09. The smallest absolute Gasteiger partial charge is 0.309 e. The third kappa shape index (κ3) is 3.44. The molecule has 0 unspecified atom stereocenters. The predicted molar refractivity (Wildman–Crippen MR) is 106 cm³/mol. The molecule has 0 saturated carbocycles. The van der Waals surface area contributed by atoms with Gasteiger partial charge in [0, 0.05) is 0 Å². The fourth-order valence-corrected chi connectivity index (χ4v) is 3.72. The van der Waals surface area contributed by atoms with Crippen molar-refractivity contribution in [2.75, 3.05) is 6.61 Å². The highest BCUT2D eigenvalue weighted by molar-refractivity contribution is 5.72. The first kappa shape index (κ1) is 18.4. The van der Waals surface area contributed by atoms with E-state index in [1.165, 1.54) is 0 Å². The van der Waals surface area contributed by atoms with Gasteiger partial charge in [-0.3, -0.25) is 4.79 Å². The van der Waals surface area contributed by atoms with Gasteiger partial charge in [-0.1, -0.05) is 91.0 Å². The molecule has 1 N–H and O–H groups in total. The molecular formula is C24H22O4. The van der Waals surface area contributed by atoms with Gasteiger partial charge < -0.3 is 14.6 Å². The van der Waals surface area contributed by atoms with Gasteiger partial charge in [0.25, 0.3) is 0 Å². The van der Waals surface area contributed by atoms with Crippen LogP contribution in [0, 0.1) is 0 Å². The molecule has 1 fully saturated rings. The zero-order valence-electron chi connectivity index (χ0n) is 15.4. The Bertz CT molecular complexity index is 812. The Kier molecular flexibility index (Phi) is 5.24. The summed E-state index contributed by atoms with van der Waals surface area (Å²) in [5.41, 5.74) is 2.00. The Labute approximate surface area is 164 Å². The largest absolute Gasteiger partial charge is 0.457 e. The van der Waals surface area contributed by atoms with Crippen LogP contribution in [0.4, 0.5) is 0 Å². The van der Waals surface area contributed by atoms with E-state index in [9.17, 15) is 9.90 Å². The van der Waals surface area contributed by atoms with Crippen LogP contribution in [0.15, 0.2) is 91.0 Å². The molecule has 0 aliphatic carbocycles. The SMILES string of the molecule is O=C1C[C@@H](O)[C@H](COC(c2ccccc2)(c2ccccc2)c2ccccc2)O1. The van der Waals surface area contributed by atoms with E-state index in [2.05, 4.69) is 0 Å². The summed E-state index contributed by atoms with van der Waals surface area (Å²) in [5.74, 6) is -0.397. The average molecular weight is 374 g/mol. The molecule has 4 rings (SSSR count). The van der Waals surface area contributed by atoms with Crippen LogP contribution in [0.1, 0.15) is 23.1 Å². The molecule has 3 aromatic carbocycles. The molecule has 4 nitrogen and oxygen atoms in total. The van der Waals surface area contributed by atoms with Crippen molar-refractivity contribution in [3.8, 4) is 0 Å². The summed E-state index contributed by atoms with van der Waals surface area (Å²) in [5, 5.41) is 10.1. The monoisotopic (exact) mass is 374 g/mol. The first-order valence-corrected chi connectivity index (χ1v) is 9.38. The molecule has 1 aliphatic rings. The zero-order valence-corrected chi connectivity index (χ0v) is 15.4. The van der Waals surface area contributed by atoms with Gasteiger partial charge >= 0.3 is 5.97 Å². The lowest BCUT2D eigenvalue weighted by molar-refractivity contribution is -0.146. The minimum Gasteiger partial charge on any atom is -0.457 e. The van der Waals surface area contributed by atoms with Crippen molar-refractivity contribution in [1.82, 2.24) is 0 Å². The van der Waals surface area contributed by atoms with Gasteiger partial charge in [0.05, 0.1) is 13.0 Å². The topological polar surface area (TPSA) is 55.8 Å². The van der Waals surface area contributed by atoms with E-state index >= 15 is 0 Å². The molecule has 0 aromatic heterocycles. The number of carbonyl (C=O) groups excluding carboxylic acids is 1. The second-order valence-corrected chi connectivity index (χ2v) is 6.89. The number of hydrogen-bond donors (Lipinski definition) is 1. The molecule has 1 saturated heterocycles. The van der Waals surface area contributed by atoms with Crippen LogP contribution in [0.25, 0.3) is 0 Å². The van der Waals surface area contributed by atoms with Crippen molar-refractivity contribution in [2.24, 2.45) is 0 Å². The summed E-state index contributed by atoms with van der Waals surface area (Å²) >= 11 is 0. The number of hydrogen-bond acceptors (Lipinski definition) is 4. The molecular weight excluding hydrogens is 352 g/mol. The number of carbonyl (C=O) groups is 1. The van der Waals surface area contributed by atoms with E-state index in [1.807, 2.05) is 91.0 Å². The summed E-state index contributed by atoms with van der Waals surface area (Å²) in [7, 11) is 0. The van der Waals surface area contributed by atoms with Gasteiger partial charge in [-0.2, -0.15) is 0 Å². The van der Waals surface area contributed by atoms with Crippen molar-refractivity contribution in [2.45, 2.75) is 24.2 Å². The number of rotatable bonds is 6. The van der Waals surface area contributed by atoms with Gasteiger partial charge in [0.2, 0.25) is 0 Å². The van der Waals surface area contributed by atoms with Crippen LogP contribution >= 0.6 is 0 Å². The molecule has 2 atom stereocenters. The van der Waals surface area contributed by atoms with E-state index in [-0.39, 0.29) is 13.0 Å². The molecule has 0 spiro atoms. The van der Waals surface area contributed by atoms with Crippen LogP contribution in [-0.2, 0) is 19.9 Å². The van der Waals surface area contributed by atoms with E-state index in [1.54, 1.807) is 0 Å². The van der Waals surface area contributed by atoms with Crippen LogP contribution in [0.2, 0.25) is 0 Å². The Morgan fingerprint density at radius 2 is 1.25 bits per heavy atom. The maximum Gasteiger partial charge on any atom is 0.309 e. The van der Waals surface area contributed by atoms with Gasteiger partial charge in [0.15, 0.2) is 6.10 Å². The maximum atomic E-state index is 11.6. The molecule has 142 valence electrons. The number of cyclic esters (lactones) is 1. The summed E-state index contributed by atoms with van der Waals surface area (Å²) in [6, 6.07) is 29.9. The number of ether oxygens (including phenoxy) is 2. The third-order valence-electron chi connectivity index (χ3n) is 5.09. The molecule has 3 aromatic rings. The van der Waals surface area contributed by atoms with Crippen LogP contribution < -0.4 is 0 Å². The first-order chi connectivity index (χ1) is 13.7. The maximum absolute atomic E-state index is 11.6. The minimum absolute atomic E-state index is 0.00301. The average Bonchev–Trinajstić information content (AvgIpc) is 3.08. The van der Waals surface area contributed by atoms with Crippen LogP contribution in [0.3, 0.4) is 0 Å². The molecule has 4 heteroatoms. The van der Waals surface area contributed by atoms with Crippen molar-refractivity contribution in [1.29, 1.82) is 0 Å².